The van der Waals surface area contributed by atoms with Gasteiger partial charge >= 0.3 is 11.9 Å². The average molecular weight is 335 g/mol. The van der Waals surface area contributed by atoms with Gasteiger partial charge in [-0.15, -0.1) is 0 Å². The number of halogens is 1. The summed E-state index contributed by atoms with van der Waals surface area (Å²) in [5, 5.41) is 0.594. The minimum absolute atomic E-state index is 0.245. The van der Waals surface area contributed by atoms with Crippen molar-refractivity contribution in [1.82, 2.24) is 0 Å². The van der Waals surface area contributed by atoms with Crippen LogP contribution in [0.25, 0.3) is 0 Å². The van der Waals surface area contributed by atoms with Gasteiger partial charge < -0.3 is 14.2 Å². The molecule has 6 heteroatoms. The molecule has 0 atom stereocenters. The Morgan fingerprint density at radius 2 is 1.91 bits per heavy atom. The predicted octanol–water partition coefficient (Wildman–Crippen LogP) is 3.42. The normalized spacial score (nSPS) is 10.0. The van der Waals surface area contributed by atoms with Gasteiger partial charge in [-0.3, -0.25) is 0 Å². The summed E-state index contributed by atoms with van der Waals surface area (Å²) in [5.74, 6) is -0.290. The number of ether oxygens (including phenoxy) is 3. The topological polar surface area (TPSA) is 61.8 Å². The van der Waals surface area contributed by atoms with Gasteiger partial charge in [-0.05, 0) is 48.9 Å². The number of carbonyl (C=O) groups is 2. The van der Waals surface area contributed by atoms with E-state index in [1.807, 2.05) is 6.92 Å². The Labute approximate surface area is 138 Å². The summed E-state index contributed by atoms with van der Waals surface area (Å²) in [5.41, 5.74) is 1.12. The summed E-state index contributed by atoms with van der Waals surface area (Å²) in [6.07, 6.45) is 0. The molecule has 0 aliphatic carbocycles. The Hall–Kier alpha value is -2.53. The van der Waals surface area contributed by atoms with Crippen LogP contribution in [-0.4, -0.2) is 25.7 Å². The first-order valence-corrected chi connectivity index (χ1v) is 7.15. The van der Waals surface area contributed by atoms with Gasteiger partial charge in [-0.1, -0.05) is 17.7 Å². The molecule has 2 aromatic rings. The van der Waals surface area contributed by atoms with Crippen LogP contribution < -0.4 is 9.47 Å². The van der Waals surface area contributed by atoms with Crippen LogP contribution in [0.15, 0.2) is 42.5 Å². The minimum Gasteiger partial charge on any atom is -0.482 e. The molecule has 2 aromatic carbocycles. The molecule has 0 aliphatic heterocycles. The van der Waals surface area contributed by atoms with Crippen molar-refractivity contribution in [2.75, 3.05) is 13.7 Å². The van der Waals surface area contributed by atoms with Gasteiger partial charge in [0.1, 0.15) is 11.5 Å². The molecule has 0 N–H and O–H groups in total. The highest BCUT2D eigenvalue weighted by molar-refractivity contribution is 6.30. The van der Waals surface area contributed by atoms with Crippen molar-refractivity contribution in [2.45, 2.75) is 6.92 Å². The minimum atomic E-state index is -0.582. The smallest absolute Gasteiger partial charge is 0.349 e. The van der Waals surface area contributed by atoms with Gasteiger partial charge in [0.15, 0.2) is 6.61 Å². The van der Waals surface area contributed by atoms with Crippen LogP contribution in [-0.2, 0) is 9.53 Å². The maximum atomic E-state index is 11.8. The van der Waals surface area contributed by atoms with Crippen LogP contribution >= 0.6 is 11.6 Å². The van der Waals surface area contributed by atoms with Crippen LogP contribution in [0.3, 0.4) is 0 Å². The van der Waals surface area contributed by atoms with Crippen molar-refractivity contribution < 1.29 is 23.8 Å². The summed E-state index contributed by atoms with van der Waals surface area (Å²) >= 11 is 5.85. The Balaban J connectivity index is 1.96. The van der Waals surface area contributed by atoms with Crippen molar-refractivity contribution in [3.63, 3.8) is 0 Å². The number of methoxy groups -OCH3 is 1. The van der Waals surface area contributed by atoms with Crippen molar-refractivity contribution in [3.05, 3.63) is 58.6 Å². The molecule has 0 saturated carbocycles. The number of aryl methyl sites for hydroxylation is 1. The molecular weight excluding hydrogens is 320 g/mol. The molecule has 5 nitrogen and oxygen atoms in total. The zero-order chi connectivity index (χ0) is 16.8. The zero-order valence-electron chi connectivity index (χ0n) is 12.7. The molecular formula is C17H15ClO5. The molecule has 0 amide bonds. The third kappa shape index (κ3) is 4.72. The van der Waals surface area contributed by atoms with E-state index in [9.17, 15) is 9.59 Å². The molecule has 0 heterocycles. The summed E-state index contributed by atoms with van der Waals surface area (Å²) in [6, 6.07) is 11.3. The summed E-state index contributed by atoms with van der Waals surface area (Å²) < 4.78 is 15.1. The average Bonchev–Trinajstić information content (AvgIpc) is 2.53. The zero-order valence-corrected chi connectivity index (χ0v) is 13.4. The van der Waals surface area contributed by atoms with Crippen molar-refractivity contribution in [3.8, 4) is 11.5 Å². The molecule has 0 aromatic heterocycles. The first-order chi connectivity index (χ1) is 11.0. The van der Waals surface area contributed by atoms with E-state index in [0.29, 0.717) is 16.3 Å². The molecule has 0 unspecified atom stereocenters. The molecule has 0 aliphatic rings. The molecule has 120 valence electrons. The third-order valence-corrected chi connectivity index (χ3v) is 3.20. The lowest BCUT2D eigenvalue weighted by molar-refractivity contribution is -0.136. The van der Waals surface area contributed by atoms with Crippen LogP contribution in [0.1, 0.15) is 15.9 Å². The second kappa shape index (κ2) is 7.65. The van der Waals surface area contributed by atoms with Crippen molar-refractivity contribution >= 4 is 23.5 Å². The number of carbonyl (C=O) groups excluding carboxylic acids is 2. The number of hydrogen-bond donors (Lipinski definition) is 0. The summed E-state index contributed by atoms with van der Waals surface area (Å²) in [4.78, 5) is 23.3. The van der Waals surface area contributed by atoms with Gasteiger partial charge in [0.2, 0.25) is 0 Å². The Morgan fingerprint density at radius 3 is 2.61 bits per heavy atom. The molecule has 0 spiro atoms. The molecule has 0 radical (unpaired) electrons. The third-order valence-electron chi connectivity index (χ3n) is 2.97. The molecule has 2 rings (SSSR count). The number of benzene rings is 2. The summed E-state index contributed by atoms with van der Waals surface area (Å²) in [7, 11) is 1.28. The number of hydrogen-bond acceptors (Lipinski definition) is 5. The molecule has 0 fully saturated rings. The first-order valence-electron chi connectivity index (χ1n) is 6.77. The van der Waals surface area contributed by atoms with E-state index in [1.54, 1.807) is 36.4 Å². The van der Waals surface area contributed by atoms with Crippen LogP contribution in [0.5, 0.6) is 11.5 Å². The lowest BCUT2D eigenvalue weighted by Gasteiger charge is -2.09. The lowest BCUT2D eigenvalue weighted by atomic mass is 10.2. The maximum Gasteiger partial charge on any atom is 0.349 e. The Bertz CT molecular complexity index is 727. The highest BCUT2D eigenvalue weighted by Gasteiger charge is 2.11. The first kappa shape index (κ1) is 16.8. The van der Waals surface area contributed by atoms with E-state index in [0.717, 1.165) is 5.56 Å². The largest absolute Gasteiger partial charge is 0.482 e. The van der Waals surface area contributed by atoms with Crippen molar-refractivity contribution in [1.29, 1.82) is 0 Å². The van der Waals surface area contributed by atoms with Gasteiger partial charge in [0.25, 0.3) is 0 Å². The van der Waals surface area contributed by atoms with Crippen LogP contribution in [0, 0.1) is 6.92 Å². The van der Waals surface area contributed by atoms with Gasteiger partial charge in [-0.2, -0.15) is 0 Å². The highest BCUT2D eigenvalue weighted by Crippen LogP contribution is 2.22. The second-order valence-corrected chi connectivity index (χ2v) is 5.13. The van der Waals surface area contributed by atoms with Crippen LogP contribution in [0.2, 0.25) is 5.02 Å². The Kier molecular flexibility index (Phi) is 5.60. The quantitative estimate of drug-likeness (QED) is 0.619. The van der Waals surface area contributed by atoms with Crippen molar-refractivity contribution in [2.24, 2.45) is 0 Å². The molecule has 0 saturated heterocycles. The lowest BCUT2D eigenvalue weighted by Crippen LogP contribution is -2.18. The SMILES string of the molecule is COC(=O)c1cccc(OC(=O)COc2ccc(Cl)cc2C)c1. The van der Waals surface area contributed by atoms with E-state index in [1.165, 1.54) is 13.2 Å². The standard InChI is InChI=1S/C17H15ClO5/c1-11-8-13(18)6-7-15(11)22-10-16(19)23-14-5-3-4-12(9-14)17(20)21-2/h3-9H,10H2,1-2H3. The van der Waals surface area contributed by atoms with E-state index in [4.69, 9.17) is 21.1 Å². The molecule has 23 heavy (non-hydrogen) atoms. The predicted molar refractivity (Wildman–Crippen MR) is 85.1 cm³/mol. The maximum absolute atomic E-state index is 11.8. The van der Waals surface area contributed by atoms with E-state index in [-0.39, 0.29) is 12.4 Å². The van der Waals surface area contributed by atoms with E-state index < -0.39 is 11.9 Å². The van der Waals surface area contributed by atoms with E-state index in [2.05, 4.69) is 4.74 Å². The number of rotatable bonds is 5. The van der Waals surface area contributed by atoms with Gasteiger partial charge in [0, 0.05) is 5.02 Å². The van der Waals surface area contributed by atoms with E-state index >= 15 is 0 Å². The highest BCUT2D eigenvalue weighted by atomic mass is 35.5. The molecule has 0 bridgehead atoms. The second-order valence-electron chi connectivity index (χ2n) is 4.69. The van der Waals surface area contributed by atoms with Crippen LogP contribution in [0.4, 0.5) is 0 Å². The van der Waals surface area contributed by atoms with Gasteiger partial charge in [0.05, 0.1) is 12.7 Å². The summed E-state index contributed by atoms with van der Waals surface area (Å²) in [6.45, 7) is 1.57. The Morgan fingerprint density at radius 1 is 1.13 bits per heavy atom. The fourth-order valence-electron chi connectivity index (χ4n) is 1.88. The fraction of sp³-hybridized carbons (Fsp3) is 0.176. The number of esters is 2. The monoisotopic (exact) mass is 334 g/mol. The fourth-order valence-corrected chi connectivity index (χ4v) is 2.10. The van der Waals surface area contributed by atoms with Gasteiger partial charge in [-0.25, -0.2) is 9.59 Å².